The van der Waals surface area contributed by atoms with Crippen LogP contribution in [0.1, 0.15) is 51.0 Å². The Morgan fingerprint density at radius 3 is 2.81 bits per heavy atom. The average molecular weight is 530 g/mol. The average Bonchev–Trinajstić information content (AvgIpc) is 3.40. The van der Waals surface area contributed by atoms with E-state index in [0.29, 0.717) is 24.6 Å². The van der Waals surface area contributed by atoms with Crippen molar-refractivity contribution in [3.8, 4) is 11.5 Å². The van der Waals surface area contributed by atoms with Crippen molar-refractivity contribution in [2.24, 2.45) is 22.2 Å². The number of phenolic OH excluding ortho intramolecular Hbond substituents is 1. The van der Waals surface area contributed by atoms with Crippen molar-refractivity contribution in [2.75, 3.05) is 25.2 Å². The van der Waals surface area contributed by atoms with Crippen LogP contribution in [0.2, 0.25) is 0 Å². The minimum atomic E-state index is -0.498. The van der Waals surface area contributed by atoms with Gasteiger partial charge in [0, 0.05) is 54.7 Å². The molecule has 0 aromatic heterocycles. The number of fused-ring (bicyclic) bond motifs is 1. The van der Waals surface area contributed by atoms with E-state index in [9.17, 15) is 14.7 Å². The second kappa shape index (κ2) is 11.9. The molecule has 3 aliphatic rings. The highest BCUT2D eigenvalue weighted by atomic mass is 33.1. The van der Waals surface area contributed by atoms with Crippen molar-refractivity contribution >= 4 is 39.6 Å². The Labute approximate surface area is 221 Å². The first-order valence-corrected chi connectivity index (χ1v) is 15.0. The molecule has 1 aromatic rings. The van der Waals surface area contributed by atoms with E-state index in [0.717, 1.165) is 35.5 Å². The third kappa shape index (κ3) is 5.86. The largest absolute Gasteiger partial charge is 0.504 e. The predicted octanol–water partition coefficient (Wildman–Crippen LogP) is 5.76. The van der Waals surface area contributed by atoms with E-state index in [4.69, 9.17) is 9.47 Å². The maximum absolute atomic E-state index is 13.5. The highest BCUT2D eigenvalue weighted by molar-refractivity contribution is 8.76. The van der Waals surface area contributed by atoms with Gasteiger partial charge in [-0.3, -0.25) is 14.6 Å². The molecule has 1 N–H and O–H groups in total. The molecule has 1 aliphatic carbocycles. The minimum Gasteiger partial charge on any atom is -0.504 e. The van der Waals surface area contributed by atoms with E-state index in [1.165, 1.54) is 14.0 Å². The monoisotopic (exact) mass is 529 g/mol. The first-order chi connectivity index (χ1) is 17.4. The number of allylic oxidation sites excluding steroid dienone is 3. The number of esters is 1. The molecule has 0 radical (unpaired) electrons. The summed E-state index contributed by atoms with van der Waals surface area (Å²) in [7, 11) is 5.09. The number of rotatable bonds is 5. The molecule has 2 heterocycles. The van der Waals surface area contributed by atoms with Crippen molar-refractivity contribution in [1.29, 1.82) is 0 Å². The molecule has 5 unspecified atom stereocenters. The molecule has 1 fully saturated rings. The number of Topliss-reactive ketones (excluding diaryl/α,β-unsaturated/α-hetero) is 1. The Hall–Kier alpha value is -2.19. The number of carbonyl (C=O) groups excluding carboxylic acids is 2. The van der Waals surface area contributed by atoms with E-state index in [-0.39, 0.29) is 41.2 Å². The summed E-state index contributed by atoms with van der Waals surface area (Å²) in [5, 5.41) is 10.0. The van der Waals surface area contributed by atoms with Gasteiger partial charge >= 0.3 is 5.97 Å². The molecular weight excluding hydrogens is 494 g/mol. The summed E-state index contributed by atoms with van der Waals surface area (Å²) in [4.78, 5) is 30.2. The predicted molar refractivity (Wildman–Crippen MR) is 147 cm³/mol. The quantitative estimate of drug-likeness (QED) is 0.295. The molecule has 4 rings (SSSR count). The fourth-order valence-corrected chi connectivity index (χ4v) is 8.54. The lowest BCUT2D eigenvalue weighted by Crippen LogP contribution is -2.46. The summed E-state index contributed by atoms with van der Waals surface area (Å²) in [6, 6.07) is 5.30. The molecule has 36 heavy (non-hydrogen) atoms. The Bertz CT molecular complexity index is 1070. The number of phenols is 1. The van der Waals surface area contributed by atoms with Crippen LogP contribution >= 0.6 is 21.6 Å². The van der Waals surface area contributed by atoms with Crippen LogP contribution < -0.4 is 4.74 Å². The summed E-state index contributed by atoms with van der Waals surface area (Å²) >= 11 is 0. The number of carbonyl (C=O) groups is 2. The number of ether oxygens (including phenoxy) is 2. The number of ketones is 1. The molecular formula is C28H35NO5S2. The zero-order valence-corrected chi connectivity index (χ0v) is 22.8. The van der Waals surface area contributed by atoms with Crippen LogP contribution in [0.3, 0.4) is 0 Å². The van der Waals surface area contributed by atoms with Crippen LogP contribution in [0, 0.1) is 17.3 Å². The zero-order chi connectivity index (χ0) is 25.7. The standard InChI is InChI=1S/C28H35NO5S2/c1-4-19-7-9-28(22-8-10-29-15-22)17-36-35-16-21(20-5-6-25(32)27(13-20)33-3)12-23(31)14-26(24(28)11-19)34-18(2)30/h5-9,13,15,19,21,24,26,32H,4,10-12,14,16-17H2,1-3H3. The maximum atomic E-state index is 13.5. The van der Waals surface area contributed by atoms with E-state index in [2.05, 4.69) is 30.1 Å². The molecule has 194 valence electrons. The number of hydrogen-bond acceptors (Lipinski definition) is 8. The molecule has 5 atom stereocenters. The van der Waals surface area contributed by atoms with Gasteiger partial charge in [-0.05, 0) is 42.0 Å². The summed E-state index contributed by atoms with van der Waals surface area (Å²) in [6.07, 6.45) is 10.7. The first kappa shape index (κ1) is 26.9. The van der Waals surface area contributed by atoms with Crippen LogP contribution in [0.4, 0.5) is 0 Å². The minimum absolute atomic E-state index is 0.00508. The molecule has 1 saturated heterocycles. The molecule has 0 amide bonds. The highest BCUT2D eigenvalue weighted by Gasteiger charge is 2.48. The molecule has 1 aromatic carbocycles. The van der Waals surface area contributed by atoms with Gasteiger partial charge in [0.15, 0.2) is 11.5 Å². The van der Waals surface area contributed by atoms with E-state index >= 15 is 0 Å². The van der Waals surface area contributed by atoms with Gasteiger partial charge in [-0.2, -0.15) is 0 Å². The number of aliphatic imine (C=N–C) groups is 1. The van der Waals surface area contributed by atoms with Gasteiger partial charge in [-0.1, -0.05) is 52.8 Å². The van der Waals surface area contributed by atoms with Gasteiger partial charge in [0.1, 0.15) is 11.9 Å². The van der Waals surface area contributed by atoms with Crippen molar-refractivity contribution in [3.63, 3.8) is 0 Å². The molecule has 8 heteroatoms. The summed E-state index contributed by atoms with van der Waals surface area (Å²) in [6.45, 7) is 4.27. The zero-order valence-electron chi connectivity index (χ0n) is 21.1. The molecule has 0 bridgehead atoms. The maximum Gasteiger partial charge on any atom is 0.302 e. The second-order valence-electron chi connectivity index (χ2n) is 9.83. The molecule has 0 saturated carbocycles. The van der Waals surface area contributed by atoms with Crippen LogP contribution in [0.5, 0.6) is 11.5 Å². The fourth-order valence-electron chi connectivity index (χ4n) is 5.60. The van der Waals surface area contributed by atoms with Crippen molar-refractivity contribution in [2.45, 2.75) is 51.6 Å². The van der Waals surface area contributed by atoms with E-state index < -0.39 is 6.10 Å². The Morgan fingerprint density at radius 2 is 2.11 bits per heavy atom. The van der Waals surface area contributed by atoms with Crippen molar-refractivity contribution in [1.82, 2.24) is 0 Å². The molecule has 0 spiro atoms. The Balaban J connectivity index is 1.71. The van der Waals surface area contributed by atoms with Crippen molar-refractivity contribution < 1.29 is 24.2 Å². The van der Waals surface area contributed by atoms with Crippen LogP contribution in [-0.4, -0.2) is 54.3 Å². The number of hydrogen-bond donors (Lipinski definition) is 1. The lowest BCUT2D eigenvalue weighted by Gasteiger charge is -2.46. The number of nitrogens with zero attached hydrogens (tertiary/aromatic N) is 1. The number of methoxy groups -OCH3 is 1. The van der Waals surface area contributed by atoms with Crippen LogP contribution in [0.25, 0.3) is 0 Å². The fraction of sp³-hybridized carbons (Fsp3) is 0.536. The summed E-state index contributed by atoms with van der Waals surface area (Å²) in [5.74, 6) is 2.11. The topological polar surface area (TPSA) is 85.2 Å². The summed E-state index contributed by atoms with van der Waals surface area (Å²) in [5.41, 5.74) is 1.78. The van der Waals surface area contributed by atoms with Gasteiger partial charge in [-0.15, -0.1) is 0 Å². The van der Waals surface area contributed by atoms with Gasteiger partial charge < -0.3 is 14.6 Å². The highest BCUT2D eigenvalue weighted by Crippen LogP contribution is 2.52. The van der Waals surface area contributed by atoms with Gasteiger partial charge in [0.2, 0.25) is 0 Å². The normalized spacial score (nSPS) is 30.8. The van der Waals surface area contributed by atoms with Gasteiger partial charge in [0.05, 0.1) is 13.7 Å². The first-order valence-electron chi connectivity index (χ1n) is 12.6. The molecule has 2 aliphatic heterocycles. The summed E-state index contributed by atoms with van der Waals surface area (Å²) < 4.78 is 11.2. The lowest BCUT2D eigenvalue weighted by molar-refractivity contribution is -0.153. The third-order valence-electron chi connectivity index (χ3n) is 7.59. The van der Waals surface area contributed by atoms with E-state index in [1.807, 2.05) is 18.3 Å². The number of benzene rings is 1. The third-order valence-corrected chi connectivity index (χ3v) is 10.1. The lowest BCUT2D eigenvalue weighted by atomic mass is 9.61. The second-order valence-corrected chi connectivity index (χ2v) is 12.3. The molecule has 6 nitrogen and oxygen atoms in total. The van der Waals surface area contributed by atoms with E-state index in [1.54, 1.807) is 27.7 Å². The SMILES string of the molecule is CCC1C=CC2(C3=CCN=C3)CSSCC(c3ccc(O)c(OC)c3)CC(=O)CC(OC(C)=O)C2C1. The van der Waals surface area contributed by atoms with Crippen molar-refractivity contribution in [3.05, 3.63) is 47.6 Å². The van der Waals surface area contributed by atoms with Gasteiger partial charge in [0.25, 0.3) is 0 Å². The van der Waals surface area contributed by atoms with Crippen LogP contribution in [0.15, 0.2) is 47.0 Å². The smallest absolute Gasteiger partial charge is 0.302 e. The van der Waals surface area contributed by atoms with Crippen LogP contribution in [-0.2, 0) is 14.3 Å². The number of aromatic hydroxyl groups is 1. The Kier molecular flexibility index (Phi) is 8.88. The van der Waals surface area contributed by atoms with Gasteiger partial charge in [-0.25, -0.2) is 0 Å². The Morgan fingerprint density at radius 1 is 1.28 bits per heavy atom.